The second-order valence-electron chi connectivity index (χ2n) is 9.23. The van der Waals surface area contributed by atoms with Crippen LogP contribution in [-0.2, 0) is 29.0 Å². The second kappa shape index (κ2) is 12.6. The monoisotopic (exact) mass is 490 g/mol. The zero-order valence-corrected chi connectivity index (χ0v) is 21.8. The fourth-order valence-corrected chi connectivity index (χ4v) is 4.19. The molecule has 0 heterocycles. The molecular formula is C30H35ClN2O2. The van der Waals surface area contributed by atoms with Crippen LogP contribution < -0.4 is 5.32 Å². The average Bonchev–Trinajstić information content (AvgIpc) is 2.85. The lowest BCUT2D eigenvalue weighted by molar-refractivity contribution is -0.141. The Morgan fingerprint density at radius 1 is 0.914 bits per heavy atom. The third-order valence-electron chi connectivity index (χ3n) is 6.50. The Labute approximate surface area is 214 Å². The Kier molecular flexibility index (Phi) is 9.50. The number of hydrogen-bond donors (Lipinski definition) is 1. The van der Waals surface area contributed by atoms with Gasteiger partial charge in [0.15, 0.2) is 0 Å². The van der Waals surface area contributed by atoms with Crippen molar-refractivity contribution in [2.75, 3.05) is 0 Å². The van der Waals surface area contributed by atoms with E-state index in [1.807, 2.05) is 93.6 Å². The quantitative estimate of drug-likeness (QED) is 0.376. The summed E-state index contributed by atoms with van der Waals surface area (Å²) in [6.45, 7) is 8.37. The molecule has 0 aliphatic rings. The fraction of sp³-hybridized carbons (Fsp3) is 0.333. The first-order valence-corrected chi connectivity index (χ1v) is 12.6. The van der Waals surface area contributed by atoms with E-state index >= 15 is 0 Å². The number of rotatable bonds is 10. The van der Waals surface area contributed by atoms with Gasteiger partial charge >= 0.3 is 0 Å². The summed E-state index contributed by atoms with van der Waals surface area (Å²) in [6.07, 6.45) is 1.45. The van der Waals surface area contributed by atoms with E-state index in [0.29, 0.717) is 11.4 Å². The van der Waals surface area contributed by atoms with Crippen molar-refractivity contribution < 1.29 is 9.59 Å². The topological polar surface area (TPSA) is 49.4 Å². The Morgan fingerprint density at radius 2 is 1.60 bits per heavy atom. The number of amides is 2. The van der Waals surface area contributed by atoms with Crippen molar-refractivity contribution in [3.05, 3.63) is 106 Å². The van der Waals surface area contributed by atoms with E-state index < -0.39 is 6.04 Å². The van der Waals surface area contributed by atoms with E-state index in [2.05, 4.69) is 12.2 Å². The Morgan fingerprint density at radius 3 is 2.26 bits per heavy atom. The van der Waals surface area contributed by atoms with Crippen molar-refractivity contribution in [3.8, 4) is 0 Å². The number of aryl methyl sites for hydroxylation is 2. The van der Waals surface area contributed by atoms with Gasteiger partial charge in [-0.1, -0.05) is 85.3 Å². The maximum absolute atomic E-state index is 13.8. The predicted molar refractivity (Wildman–Crippen MR) is 143 cm³/mol. The first-order valence-electron chi connectivity index (χ1n) is 12.2. The molecule has 0 aliphatic carbocycles. The third kappa shape index (κ3) is 7.43. The lowest BCUT2D eigenvalue weighted by atomic mass is 10.00. The maximum atomic E-state index is 13.8. The van der Waals surface area contributed by atoms with Gasteiger partial charge in [-0.3, -0.25) is 9.59 Å². The molecule has 35 heavy (non-hydrogen) atoms. The van der Waals surface area contributed by atoms with E-state index in [-0.39, 0.29) is 30.8 Å². The molecule has 0 unspecified atom stereocenters. The van der Waals surface area contributed by atoms with Gasteiger partial charge in [0, 0.05) is 24.0 Å². The van der Waals surface area contributed by atoms with Crippen LogP contribution in [0.25, 0.3) is 0 Å². The lowest BCUT2D eigenvalue weighted by Crippen LogP contribution is -2.52. The molecule has 0 saturated heterocycles. The van der Waals surface area contributed by atoms with Crippen LogP contribution in [0, 0.1) is 13.8 Å². The SMILES string of the molecule is CC[C@H](C)NC(=O)[C@@H](Cc1ccccc1)N(Cc1ccccc1Cl)C(=O)Cc1ccc(C)c(C)c1. The number of halogens is 1. The van der Waals surface area contributed by atoms with Gasteiger partial charge in [0.2, 0.25) is 11.8 Å². The minimum Gasteiger partial charge on any atom is -0.352 e. The molecule has 0 aromatic heterocycles. The van der Waals surface area contributed by atoms with Crippen LogP contribution in [0.15, 0.2) is 72.8 Å². The molecule has 3 rings (SSSR count). The molecule has 5 heteroatoms. The minimum atomic E-state index is -0.665. The molecule has 1 N–H and O–H groups in total. The second-order valence-corrected chi connectivity index (χ2v) is 9.64. The zero-order valence-electron chi connectivity index (χ0n) is 21.1. The van der Waals surface area contributed by atoms with Crippen LogP contribution in [-0.4, -0.2) is 28.8 Å². The molecule has 3 aromatic rings. The highest BCUT2D eigenvalue weighted by atomic mass is 35.5. The number of hydrogen-bond acceptors (Lipinski definition) is 2. The summed E-state index contributed by atoms with van der Waals surface area (Å²) in [4.78, 5) is 29.1. The number of carbonyl (C=O) groups is 2. The van der Waals surface area contributed by atoms with Crippen LogP contribution in [0.2, 0.25) is 5.02 Å². The maximum Gasteiger partial charge on any atom is 0.243 e. The molecular weight excluding hydrogens is 456 g/mol. The van der Waals surface area contributed by atoms with Crippen molar-refractivity contribution in [3.63, 3.8) is 0 Å². The number of nitrogens with zero attached hydrogens (tertiary/aromatic N) is 1. The highest BCUT2D eigenvalue weighted by molar-refractivity contribution is 6.31. The molecule has 0 saturated carbocycles. The van der Waals surface area contributed by atoms with Gasteiger partial charge < -0.3 is 10.2 Å². The van der Waals surface area contributed by atoms with Crippen LogP contribution in [0.5, 0.6) is 0 Å². The van der Waals surface area contributed by atoms with Crippen LogP contribution >= 0.6 is 11.6 Å². The van der Waals surface area contributed by atoms with Gasteiger partial charge in [-0.15, -0.1) is 0 Å². The Balaban J connectivity index is 1.99. The lowest BCUT2D eigenvalue weighted by Gasteiger charge is -2.32. The van der Waals surface area contributed by atoms with Crippen molar-refractivity contribution in [1.29, 1.82) is 0 Å². The molecule has 0 radical (unpaired) electrons. The van der Waals surface area contributed by atoms with Gasteiger partial charge in [0.1, 0.15) is 6.04 Å². The summed E-state index contributed by atoms with van der Waals surface area (Å²) in [6, 6.07) is 22.7. The highest BCUT2D eigenvalue weighted by Gasteiger charge is 2.31. The predicted octanol–water partition coefficient (Wildman–Crippen LogP) is 6.05. The van der Waals surface area contributed by atoms with Gasteiger partial charge in [-0.2, -0.15) is 0 Å². The summed E-state index contributed by atoms with van der Waals surface area (Å²) < 4.78 is 0. The Bertz CT molecular complexity index is 1150. The largest absolute Gasteiger partial charge is 0.352 e. The van der Waals surface area contributed by atoms with E-state index in [1.54, 1.807) is 4.90 Å². The molecule has 0 aliphatic heterocycles. The van der Waals surface area contributed by atoms with Crippen LogP contribution in [0.4, 0.5) is 0 Å². The first-order chi connectivity index (χ1) is 16.8. The smallest absolute Gasteiger partial charge is 0.243 e. The molecule has 0 bridgehead atoms. The van der Waals surface area contributed by atoms with Crippen LogP contribution in [0.3, 0.4) is 0 Å². The number of benzene rings is 3. The van der Waals surface area contributed by atoms with E-state index in [0.717, 1.165) is 28.7 Å². The van der Waals surface area contributed by atoms with Gasteiger partial charge in [0.05, 0.1) is 6.42 Å². The fourth-order valence-electron chi connectivity index (χ4n) is 3.99. The number of carbonyl (C=O) groups excluding carboxylic acids is 2. The summed E-state index contributed by atoms with van der Waals surface area (Å²) in [5, 5.41) is 3.68. The minimum absolute atomic E-state index is 0.0118. The summed E-state index contributed by atoms with van der Waals surface area (Å²) >= 11 is 6.48. The van der Waals surface area contributed by atoms with Gasteiger partial charge in [-0.25, -0.2) is 0 Å². The van der Waals surface area contributed by atoms with Crippen molar-refractivity contribution in [1.82, 2.24) is 10.2 Å². The number of nitrogens with one attached hydrogen (secondary N) is 1. The third-order valence-corrected chi connectivity index (χ3v) is 6.87. The van der Waals surface area contributed by atoms with Gasteiger partial charge in [-0.05, 0) is 61.1 Å². The molecule has 3 aromatic carbocycles. The average molecular weight is 491 g/mol. The molecule has 2 amide bonds. The molecule has 2 atom stereocenters. The summed E-state index contributed by atoms with van der Waals surface area (Å²) in [5.74, 6) is -0.253. The normalized spacial score (nSPS) is 12.6. The highest BCUT2D eigenvalue weighted by Crippen LogP contribution is 2.22. The van der Waals surface area contributed by atoms with Crippen molar-refractivity contribution in [2.45, 2.75) is 65.6 Å². The standard InChI is InChI=1S/C30H35ClN2O2/c1-5-23(4)32-30(35)28(18-24-11-7-6-8-12-24)33(20-26-13-9-10-14-27(26)31)29(34)19-25-16-15-21(2)22(3)17-25/h6-17,23,28H,5,18-20H2,1-4H3,(H,32,35)/t23-,28+/m0/s1. The summed E-state index contributed by atoms with van der Waals surface area (Å²) in [7, 11) is 0. The molecule has 0 spiro atoms. The molecule has 0 fully saturated rings. The van der Waals surface area contributed by atoms with E-state index in [9.17, 15) is 9.59 Å². The Hall–Kier alpha value is -3.11. The van der Waals surface area contributed by atoms with E-state index in [1.165, 1.54) is 5.56 Å². The van der Waals surface area contributed by atoms with Crippen molar-refractivity contribution in [2.24, 2.45) is 0 Å². The van der Waals surface area contributed by atoms with Gasteiger partial charge in [0.25, 0.3) is 0 Å². The molecule has 4 nitrogen and oxygen atoms in total. The van der Waals surface area contributed by atoms with E-state index in [4.69, 9.17) is 11.6 Å². The zero-order chi connectivity index (χ0) is 25.4. The molecule has 184 valence electrons. The van der Waals surface area contributed by atoms with Crippen molar-refractivity contribution >= 4 is 23.4 Å². The van der Waals surface area contributed by atoms with Crippen LogP contribution in [0.1, 0.15) is 48.1 Å². The summed E-state index contributed by atoms with van der Waals surface area (Å²) in [5.41, 5.74) is 5.08. The first kappa shape index (κ1) is 26.5.